The van der Waals surface area contributed by atoms with Crippen LogP contribution in [0.4, 0.5) is 4.39 Å². The van der Waals surface area contributed by atoms with E-state index in [9.17, 15) is 18.8 Å². The number of nitrogens with zero attached hydrogens (tertiary/aromatic N) is 1. The van der Waals surface area contributed by atoms with Crippen molar-refractivity contribution in [2.75, 3.05) is 0 Å². The minimum absolute atomic E-state index is 0.0463. The van der Waals surface area contributed by atoms with Crippen LogP contribution >= 0.6 is 0 Å². The van der Waals surface area contributed by atoms with Gasteiger partial charge in [0.15, 0.2) is 0 Å². The van der Waals surface area contributed by atoms with Crippen LogP contribution in [0, 0.1) is 17.1 Å². The first kappa shape index (κ1) is 19.1. The van der Waals surface area contributed by atoms with Crippen LogP contribution in [0.5, 0.6) is 0 Å². The molecule has 0 aliphatic rings. The van der Waals surface area contributed by atoms with Gasteiger partial charge < -0.3 is 15.7 Å². The van der Waals surface area contributed by atoms with Crippen LogP contribution in [-0.2, 0) is 20.8 Å². The number of nitriles is 1. The summed E-state index contributed by atoms with van der Waals surface area (Å²) in [5.74, 6) is -3.07. The molecule has 1 aromatic carbocycles. The van der Waals surface area contributed by atoms with Crippen molar-refractivity contribution in [3.8, 4) is 6.07 Å². The van der Waals surface area contributed by atoms with E-state index in [0.717, 1.165) is 0 Å². The normalized spacial score (nSPS) is 12.5. The van der Waals surface area contributed by atoms with Gasteiger partial charge in [0.2, 0.25) is 11.8 Å². The second kappa shape index (κ2) is 9.25. The van der Waals surface area contributed by atoms with Crippen molar-refractivity contribution in [1.29, 1.82) is 5.26 Å². The summed E-state index contributed by atoms with van der Waals surface area (Å²) >= 11 is 0. The summed E-state index contributed by atoms with van der Waals surface area (Å²) in [7, 11) is 0. The van der Waals surface area contributed by atoms with Gasteiger partial charge in [-0.25, -0.2) is 9.18 Å². The molecule has 0 bridgehead atoms. The quantitative estimate of drug-likeness (QED) is 0.647. The Morgan fingerprint density at radius 3 is 2.46 bits per heavy atom. The van der Waals surface area contributed by atoms with E-state index in [1.807, 2.05) is 0 Å². The highest BCUT2D eigenvalue weighted by molar-refractivity contribution is 5.90. The highest BCUT2D eigenvalue weighted by Gasteiger charge is 2.26. The maximum atomic E-state index is 13.7. The van der Waals surface area contributed by atoms with Gasteiger partial charge in [-0.2, -0.15) is 5.26 Å². The molecule has 0 fully saturated rings. The monoisotopic (exact) mass is 335 g/mol. The number of amides is 2. The number of hydrogen-bond donors (Lipinski definition) is 3. The van der Waals surface area contributed by atoms with Gasteiger partial charge in [0.1, 0.15) is 17.9 Å². The number of carbonyl (C=O) groups is 3. The number of nitrogens with one attached hydrogen (secondary N) is 2. The van der Waals surface area contributed by atoms with Gasteiger partial charge in [-0.05, 0) is 18.1 Å². The summed E-state index contributed by atoms with van der Waals surface area (Å²) in [4.78, 5) is 34.7. The van der Waals surface area contributed by atoms with Crippen LogP contribution in [0.2, 0.25) is 0 Å². The summed E-state index contributed by atoms with van der Waals surface area (Å²) in [6.45, 7) is 1.20. The first-order chi connectivity index (χ1) is 11.3. The predicted octanol–water partition coefficient (Wildman–Crippen LogP) is 0.746. The summed E-state index contributed by atoms with van der Waals surface area (Å²) < 4.78 is 13.7. The smallest absolute Gasteiger partial charge is 0.326 e. The van der Waals surface area contributed by atoms with Crippen molar-refractivity contribution in [3.63, 3.8) is 0 Å². The summed E-state index contributed by atoms with van der Waals surface area (Å²) in [5, 5.41) is 22.3. The number of rotatable bonds is 8. The topological polar surface area (TPSA) is 119 Å². The second-order valence-electron chi connectivity index (χ2n) is 5.14. The van der Waals surface area contributed by atoms with Gasteiger partial charge in [0.05, 0.1) is 6.07 Å². The third-order valence-corrected chi connectivity index (χ3v) is 3.24. The fourth-order valence-corrected chi connectivity index (χ4v) is 2.08. The Bertz CT molecular complexity index is 657. The fraction of sp³-hybridized carbons (Fsp3) is 0.375. The van der Waals surface area contributed by atoms with E-state index < -0.39 is 35.7 Å². The number of hydrogen-bond acceptors (Lipinski definition) is 4. The number of aliphatic carboxylic acids is 1. The number of carboxylic acids is 1. The van der Waals surface area contributed by atoms with Crippen molar-refractivity contribution < 1.29 is 23.9 Å². The molecule has 0 aliphatic heterocycles. The standard InChI is InChI=1S/C16H18FN3O4/c1-10(21)19-14(9-11-5-2-3-6-12(11)17)15(22)20-13(16(23)24)7-4-8-18/h2-3,5-6,13-14H,4,7,9H2,1H3,(H,19,21)(H,20,22)(H,23,24)/t13-,14-/m0/s1. The molecule has 2 amide bonds. The highest BCUT2D eigenvalue weighted by atomic mass is 19.1. The average Bonchev–Trinajstić information content (AvgIpc) is 2.51. The van der Waals surface area contributed by atoms with Crippen LogP contribution < -0.4 is 10.6 Å². The van der Waals surface area contributed by atoms with E-state index >= 15 is 0 Å². The Labute approximate surface area is 138 Å². The molecule has 2 atom stereocenters. The summed E-state index contributed by atoms with van der Waals surface area (Å²) in [6, 6.07) is 5.21. The van der Waals surface area contributed by atoms with Crippen molar-refractivity contribution in [2.45, 2.75) is 38.3 Å². The molecule has 0 aliphatic carbocycles. The minimum atomic E-state index is -1.29. The molecule has 0 spiro atoms. The molecule has 0 heterocycles. The lowest BCUT2D eigenvalue weighted by Crippen LogP contribution is -2.52. The largest absolute Gasteiger partial charge is 0.480 e. The fourth-order valence-electron chi connectivity index (χ4n) is 2.08. The van der Waals surface area contributed by atoms with E-state index in [0.29, 0.717) is 0 Å². The van der Waals surface area contributed by atoms with E-state index in [-0.39, 0.29) is 24.8 Å². The van der Waals surface area contributed by atoms with Crippen LogP contribution in [-0.4, -0.2) is 35.0 Å². The van der Waals surface area contributed by atoms with Crippen molar-refractivity contribution in [3.05, 3.63) is 35.6 Å². The van der Waals surface area contributed by atoms with Gasteiger partial charge in [0.25, 0.3) is 0 Å². The zero-order chi connectivity index (χ0) is 18.1. The molecule has 7 nitrogen and oxygen atoms in total. The molecule has 1 aromatic rings. The first-order valence-electron chi connectivity index (χ1n) is 7.25. The molecule has 0 unspecified atom stereocenters. The summed E-state index contributed by atoms with van der Waals surface area (Å²) in [6.07, 6.45) is -0.234. The van der Waals surface area contributed by atoms with Gasteiger partial charge in [-0.15, -0.1) is 0 Å². The highest BCUT2D eigenvalue weighted by Crippen LogP contribution is 2.10. The lowest BCUT2D eigenvalue weighted by molar-refractivity contribution is -0.142. The van der Waals surface area contributed by atoms with E-state index in [2.05, 4.69) is 10.6 Å². The molecule has 3 N–H and O–H groups in total. The predicted molar refractivity (Wildman–Crippen MR) is 82.1 cm³/mol. The number of carboxylic acid groups (broad SMARTS) is 1. The Hall–Kier alpha value is -2.95. The molecule has 0 saturated heterocycles. The maximum absolute atomic E-state index is 13.7. The minimum Gasteiger partial charge on any atom is -0.480 e. The number of benzene rings is 1. The molecule has 0 aromatic heterocycles. The van der Waals surface area contributed by atoms with Gasteiger partial charge in [0, 0.05) is 19.8 Å². The van der Waals surface area contributed by atoms with E-state index in [1.54, 1.807) is 12.1 Å². The van der Waals surface area contributed by atoms with Crippen molar-refractivity contribution >= 4 is 17.8 Å². The van der Waals surface area contributed by atoms with Crippen LogP contribution in [0.1, 0.15) is 25.3 Å². The molecule has 24 heavy (non-hydrogen) atoms. The maximum Gasteiger partial charge on any atom is 0.326 e. The molecule has 8 heteroatoms. The van der Waals surface area contributed by atoms with E-state index in [4.69, 9.17) is 10.4 Å². The second-order valence-corrected chi connectivity index (χ2v) is 5.14. The Kier molecular flexibility index (Phi) is 7.36. The van der Waals surface area contributed by atoms with Crippen LogP contribution in [0.25, 0.3) is 0 Å². The Balaban J connectivity index is 2.88. The molecular weight excluding hydrogens is 317 g/mol. The first-order valence-corrected chi connectivity index (χ1v) is 7.25. The van der Waals surface area contributed by atoms with Crippen LogP contribution in [0.15, 0.2) is 24.3 Å². The van der Waals surface area contributed by atoms with Gasteiger partial charge in [-0.3, -0.25) is 9.59 Å². The molecule has 0 saturated carbocycles. The lowest BCUT2D eigenvalue weighted by atomic mass is 10.0. The number of halogens is 1. The average molecular weight is 335 g/mol. The van der Waals surface area contributed by atoms with Crippen molar-refractivity contribution in [2.24, 2.45) is 0 Å². The third kappa shape index (κ3) is 6.04. The SMILES string of the molecule is CC(=O)N[C@@H](Cc1ccccc1F)C(=O)N[C@@H](CCC#N)C(=O)O. The molecule has 1 rings (SSSR count). The Morgan fingerprint density at radius 1 is 1.25 bits per heavy atom. The summed E-state index contributed by atoms with van der Waals surface area (Å²) in [5.41, 5.74) is 0.218. The number of carbonyl (C=O) groups excluding carboxylic acids is 2. The molecular formula is C16H18FN3O4. The van der Waals surface area contributed by atoms with Gasteiger partial charge in [-0.1, -0.05) is 18.2 Å². The zero-order valence-electron chi connectivity index (χ0n) is 13.1. The van der Waals surface area contributed by atoms with E-state index in [1.165, 1.54) is 25.1 Å². The zero-order valence-corrected chi connectivity index (χ0v) is 13.1. The van der Waals surface area contributed by atoms with Crippen molar-refractivity contribution in [1.82, 2.24) is 10.6 Å². The van der Waals surface area contributed by atoms with Gasteiger partial charge >= 0.3 is 5.97 Å². The lowest BCUT2D eigenvalue weighted by Gasteiger charge is -2.21. The Morgan fingerprint density at radius 2 is 1.92 bits per heavy atom. The third-order valence-electron chi connectivity index (χ3n) is 3.24. The van der Waals surface area contributed by atoms with Crippen LogP contribution in [0.3, 0.4) is 0 Å². The molecule has 128 valence electrons. The molecule has 0 radical (unpaired) electrons.